The lowest BCUT2D eigenvalue weighted by Gasteiger charge is -2.24. The number of ether oxygens (including phenoxy) is 3. The Hall–Kier alpha value is -3.64. The van der Waals surface area contributed by atoms with Crippen molar-refractivity contribution < 1.29 is 24.4 Å². The number of rotatable bonds is 3. The lowest BCUT2D eigenvalue weighted by molar-refractivity contribution is 0.102. The quantitative estimate of drug-likeness (QED) is 0.363. The number of hydrogen-bond donors (Lipinski definition) is 2. The summed E-state index contributed by atoms with van der Waals surface area (Å²) in [5.74, 6) is 0.438. The van der Waals surface area contributed by atoms with E-state index in [-0.39, 0.29) is 35.9 Å². The molecule has 0 radical (unpaired) electrons. The van der Waals surface area contributed by atoms with Gasteiger partial charge in [0.2, 0.25) is 0 Å². The van der Waals surface area contributed by atoms with Crippen LogP contribution in [0.4, 0.5) is 0 Å². The van der Waals surface area contributed by atoms with E-state index in [0.29, 0.717) is 13.2 Å². The van der Waals surface area contributed by atoms with E-state index in [4.69, 9.17) is 14.2 Å². The average Bonchev–Trinajstić information content (AvgIpc) is 3.82. The van der Waals surface area contributed by atoms with Crippen molar-refractivity contribution in [1.29, 1.82) is 0 Å². The maximum atomic E-state index is 12.0. The van der Waals surface area contributed by atoms with Gasteiger partial charge in [0.1, 0.15) is 35.9 Å². The minimum Gasteiger partial charge on any atom is -0.508 e. The van der Waals surface area contributed by atoms with Gasteiger partial charge in [0.25, 0.3) is 0 Å². The molecule has 4 atom stereocenters. The molecular weight excluding hydrogens is 440 g/mol. The summed E-state index contributed by atoms with van der Waals surface area (Å²) in [7, 11) is 0. The Kier molecular flexibility index (Phi) is 4.71. The Morgan fingerprint density at radius 3 is 1.66 bits per heavy atom. The Bertz CT molecular complexity index is 1400. The van der Waals surface area contributed by atoms with E-state index in [0.717, 1.165) is 44.5 Å². The molecular formula is C30H24O5. The van der Waals surface area contributed by atoms with Gasteiger partial charge in [-0.15, -0.1) is 0 Å². The SMILES string of the molecule is Oc1ccc(-c2c(-c3ccccc3)c(-c3ccccc3)c(O)c3c2C2OC2COCC2OC32)cc1. The third-order valence-electron chi connectivity index (χ3n) is 7.13. The van der Waals surface area contributed by atoms with E-state index in [1.54, 1.807) is 12.1 Å². The Morgan fingerprint density at radius 1 is 0.543 bits per heavy atom. The van der Waals surface area contributed by atoms with Crippen molar-refractivity contribution in [2.24, 2.45) is 0 Å². The zero-order chi connectivity index (χ0) is 23.5. The smallest absolute Gasteiger partial charge is 0.130 e. The zero-order valence-electron chi connectivity index (χ0n) is 18.9. The summed E-state index contributed by atoms with van der Waals surface area (Å²) >= 11 is 0. The Balaban J connectivity index is 1.63. The molecule has 2 N–H and O–H groups in total. The molecule has 0 amide bonds. The molecule has 3 heterocycles. The summed E-state index contributed by atoms with van der Waals surface area (Å²) in [6, 6.07) is 27.4. The molecule has 0 bridgehead atoms. The fourth-order valence-electron chi connectivity index (χ4n) is 5.41. The van der Waals surface area contributed by atoms with Crippen molar-refractivity contribution in [3.05, 3.63) is 96.1 Å². The number of hydrogen-bond acceptors (Lipinski definition) is 5. The molecule has 5 nitrogen and oxygen atoms in total. The second-order valence-electron chi connectivity index (χ2n) is 9.31. The van der Waals surface area contributed by atoms with Crippen molar-refractivity contribution in [2.75, 3.05) is 13.2 Å². The van der Waals surface area contributed by atoms with Gasteiger partial charge in [0, 0.05) is 22.3 Å². The topological polar surface area (TPSA) is 74.8 Å². The van der Waals surface area contributed by atoms with Crippen LogP contribution in [0.3, 0.4) is 0 Å². The first-order chi connectivity index (χ1) is 17.2. The number of phenols is 2. The molecule has 3 aliphatic rings. The second-order valence-corrected chi connectivity index (χ2v) is 9.31. The molecule has 35 heavy (non-hydrogen) atoms. The van der Waals surface area contributed by atoms with Gasteiger partial charge in [0.15, 0.2) is 0 Å². The van der Waals surface area contributed by atoms with E-state index in [2.05, 4.69) is 12.1 Å². The minimum absolute atomic E-state index is 0.0623. The van der Waals surface area contributed by atoms with Crippen LogP contribution in [0.5, 0.6) is 11.5 Å². The average molecular weight is 465 g/mol. The summed E-state index contributed by atoms with van der Waals surface area (Å²) in [4.78, 5) is 0. The maximum absolute atomic E-state index is 12.0. The van der Waals surface area contributed by atoms with Crippen LogP contribution in [0.1, 0.15) is 23.3 Å². The lowest BCUT2D eigenvalue weighted by atomic mass is 9.79. The molecule has 4 unspecified atom stereocenters. The summed E-state index contributed by atoms with van der Waals surface area (Å²) in [5.41, 5.74) is 7.30. The van der Waals surface area contributed by atoms with Gasteiger partial charge in [-0.05, 0) is 34.4 Å². The van der Waals surface area contributed by atoms with E-state index in [1.165, 1.54) is 0 Å². The Labute approximate surface area is 203 Å². The van der Waals surface area contributed by atoms with Crippen molar-refractivity contribution in [3.8, 4) is 44.9 Å². The normalized spacial score (nSPS) is 24.2. The van der Waals surface area contributed by atoms with Crippen LogP contribution in [0.2, 0.25) is 0 Å². The summed E-state index contributed by atoms with van der Waals surface area (Å²) in [5, 5.41) is 22.0. The largest absolute Gasteiger partial charge is 0.508 e. The third-order valence-corrected chi connectivity index (χ3v) is 7.13. The molecule has 4 aromatic carbocycles. The van der Waals surface area contributed by atoms with Gasteiger partial charge < -0.3 is 24.4 Å². The number of aromatic hydroxyl groups is 2. The van der Waals surface area contributed by atoms with Crippen molar-refractivity contribution in [2.45, 2.75) is 24.4 Å². The summed E-state index contributed by atoms with van der Waals surface area (Å²) < 4.78 is 18.0. The van der Waals surface area contributed by atoms with Crippen molar-refractivity contribution in [1.82, 2.24) is 0 Å². The van der Waals surface area contributed by atoms with E-state index in [9.17, 15) is 10.2 Å². The predicted molar refractivity (Wildman–Crippen MR) is 132 cm³/mol. The number of benzene rings is 4. The lowest BCUT2D eigenvalue weighted by Crippen LogP contribution is -2.06. The van der Waals surface area contributed by atoms with Crippen LogP contribution in [-0.4, -0.2) is 35.6 Å². The molecule has 7 rings (SSSR count). The highest BCUT2D eigenvalue weighted by Crippen LogP contribution is 2.60. The zero-order valence-corrected chi connectivity index (χ0v) is 18.9. The highest BCUT2D eigenvalue weighted by molar-refractivity contribution is 6.00. The fourth-order valence-corrected chi connectivity index (χ4v) is 5.41. The van der Waals surface area contributed by atoms with Crippen LogP contribution < -0.4 is 0 Å². The highest BCUT2D eigenvalue weighted by atomic mass is 16.6. The van der Waals surface area contributed by atoms with Gasteiger partial charge in [0.05, 0.1) is 13.2 Å². The number of fused-ring (bicyclic) bond motifs is 5. The van der Waals surface area contributed by atoms with Gasteiger partial charge in [-0.3, -0.25) is 0 Å². The summed E-state index contributed by atoms with van der Waals surface area (Å²) in [6.45, 7) is 0.972. The summed E-state index contributed by atoms with van der Waals surface area (Å²) in [6.07, 6.45) is -0.602. The van der Waals surface area contributed by atoms with Crippen LogP contribution in [-0.2, 0) is 14.2 Å². The van der Waals surface area contributed by atoms with Gasteiger partial charge >= 0.3 is 0 Å². The molecule has 174 valence electrons. The van der Waals surface area contributed by atoms with Gasteiger partial charge in [-0.1, -0.05) is 72.8 Å². The maximum Gasteiger partial charge on any atom is 0.130 e. The molecule has 0 aromatic heterocycles. The highest BCUT2D eigenvalue weighted by Gasteiger charge is 2.53. The molecule has 0 spiro atoms. The monoisotopic (exact) mass is 464 g/mol. The second kappa shape index (κ2) is 7.95. The van der Waals surface area contributed by atoms with Crippen LogP contribution in [0, 0.1) is 0 Å². The molecule has 2 fully saturated rings. The molecule has 4 aromatic rings. The number of phenolic OH excluding ortho intramolecular Hbond substituents is 2. The first kappa shape index (κ1) is 20.7. The molecule has 0 aliphatic carbocycles. The van der Waals surface area contributed by atoms with Crippen LogP contribution in [0.15, 0.2) is 84.9 Å². The molecule has 2 saturated heterocycles. The van der Waals surface area contributed by atoms with Crippen LogP contribution in [0.25, 0.3) is 33.4 Å². The first-order valence-corrected chi connectivity index (χ1v) is 11.9. The van der Waals surface area contributed by atoms with E-state index < -0.39 is 0 Å². The predicted octanol–water partition coefficient (Wildman–Crippen LogP) is 6.01. The van der Waals surface area contributed by atoms with Gasteiger partial charge in [-0.2, -0.15) is 0 Å². The van der Waals surface area contributed by atoms with Crippen molar-refractivity contribution in [3.63, 3.8) is 0 Å². The van der Waals surface area contributed by atoms with Crippen molar-refractivity contribution >= 4 is 0 Å². The molecule has 5 heteroatoms. The van der Waals surface area contributed by atoms with Gasteiger partial charge in [-0.25, -0.2) is 0 Å². The molecule has 3 aliphatic heterocycles. The fraction of sp³-hybridized carbons (Fsp3) is 0.200. The third kappa shape index (κ3) is 3.43. The van der Waals surface area contributed by atoms with Crippen LogP contribution >= 0.6 is 0 Å². The first-order valence-electron chi connectivity index (χ1n) is 11.9. The molecule has 0 saturated carbocycles. The Morgan fingerprint density at radius 2 is 1.06 bits per heavy atom. The van der Waals surface area contributed by atoms with E-state index >= 15 is 0 Å². The standard InChI is InChI=1S/C30H24O5/c31-20-13-11-19(12-14-20)24-23(17-7-3-1-4-8-17)25(18-9-5-2-6-10-18)28(32)27-26(24)29-21(34-29)15-33-16-22-30(27)35-22/h1-14,21-22,29-32H,15-16H2. The number of epoxide rings is 2. The van der Waals surface area contributed by atoms with E-state index in [1.807, 2.05) is 60.7 Å². The minimum atomic E-state index is -0.254.